The zero-order valence-electron chi connectivity index (χ0n) is 16.0. The molecule has 0 fully saturated rings. The summed E-state index contributed by atoms with van der Waals surface area (Å²) in [5, 5.41) is 13.2. The summed E-state index contributed by atoms with van der Waals surface area (Å²) in [6.45, 7) is 5.89. The lowest BCUT2D eigenvalue weighted by Crippen LogP contribution is -2.66. The van der Waals surface area contributed by atoms with E-state index in [1.807, 2.05) is 42.5 Å². The van der Waals surface area contributed by atoms with E-state index in [1.54, 1.807) is 0 Å². The molecule has 0 aliphatic carbocycles. The van der Waals surface area contributed by atoms with Gasteiger partial charge < -0.3 is 9.84 Å². The van der Waals surface area contributed by atoms with Gasteiger partial charge in [-0.3, -0.25) is 4.79 Å². The van der Waals surface area contributed by atoms with Crippen LogP contribution in [0.1, 0.15) is 18.1 Å². The molecule has 0 aromatic heterocycles. The van der Waals surface area contributed by atoms with E-state index in [4.69, 9.17) is 4.74 Å². The van der Waals surface area contributed by atoms with Gasteiger partial charge in [0.2, 0.25) is 0 Å². The quantitative estimate of drug-likeness (QED) is 0.384. The van der Waals surface area contributed by atoms with Crippen molar-refractivity contribution < 1.29 is 14.6 Å². The molecular weight excluding hydrogens is 364 g/mol. The predicted octanol–water partition coefficient (Wildman–Crippen LogP) is 2.44. The molecule has 0 aliphatic rings. The number of carbonyl (C=O) groups excluding carboxylic acids is 1. The Bertz CT molecular complexity index is 968. The molecule has 4 heteroatoms. The standard InChI is InChI=1S/C24H24O3Si/c1-3-28(22-11-5-4-6-12-22,23-13-7-9-20(15-23)17-25)24-14-8-10-21(16-24)18-27-19(2)26/h3-16,25H,1,17-18H2,2H3/t28-/m0/s1. The first-order chi connectivity index (χ1) is 13.6. The molecule has 0 amide bonds. The molecule has 0 heterocycles. The van der Waals surface area contributed by atoms with Gasteiger partial charge in [-0.2, -0.15) is 0 Å². The van der Waals surface area contributed by atoms with Crippen LogP contribution < -0.4 is 15.6 Å². The molecular formula is C24H24O3Si. The smallest absolute Gasteiger partial charge is 0.302 e. The number of esters is 1. The Morgan fingerprint density at radius 3 is 2.07 bits per heavy atom. The fourth-order valence-corrected chi connectivity index (χ4v) is 7.53. The zero-order chi connectivity index (χ0) is 20.0. The molecule has 1 N–H and O–H groups in total. The number of ether oxygens (including phenoxy) is 1. The molecule has 3 aromatic carbocycles. The summed E-state index contributed by atoms with van der Waals surface area (Å²) >= 11 is 0. The number of benzene rings is 3. The highest BCUT2D eigenvalue weighted by atomic mass is 28.3. The van der Waals surface area contributed by atoms with Crippen molar-refractivity contribution in [1.29, 1.82) is 0 Å². The fraction of sp³-hybridized carbons (Fsp3) is 0.125. The highest BCUT2D eigenvalue weighted by molar-refractivity contribution is 7.14. The van der Waals surface area contributed by atoms with Crippen LogP contribution in [0.5, 0.6) is 0 Å². The number of aliphatic hydroxyl groups is 1. The lowest BCUT2D eigenvalue weighted by Gasteiger charge is -2.31. The number of carbonyl (C=O) groups is 1. The van der Waals surface area contributed by atoms with Crippen molar-refractivity contribution in [1.82, 2.24) is 0 Å². The van der Waals surface area contributed by atoms with Crippen LogP contribution in [0.15, 0.2) is 91.1 Å². The van der Waals surface area contributed by atoms with Crippen molar-refractivity contribution in [3.8, 4) is 0 Å². The third-order valence-electron chi connectivity index (χ3n) is 4.92. The van der Waals surface area contributed by atoms with Crippen molar-refractivity contribution in [3.63, 3.8) is 0 Å². The fourth-order valence-electron chi connectivity index (χ4n) is 3.56. The highest BCUT2D eigenvalue weighted by Gasteiger charge is 2.36. The number of hydrogen-bond donors (Lipinski definition) is 1. The molecule has 0 spiro atoms. The maximum atomic E-state index is 11.2. The summed E-state index contributed by atoms with van der Waals surface area (Å²) < 4.78 is 5.19. The van der Waals surface area contributed by atoms with E-state index >= 15 is 0 Å². The second kappa shape index (κ2) is 8.82. The van der Waals surface area contributed by atoms with Gasteiger partial charge in [0.15, 0.2) is 8.07 Å². The Hall–Kier alpha value is -2.95. The molecule has 0 saturated heterocycles. The predicted molar refractivity (Wildman–Crippen MR) is 116 cm³/mol. The summed E-state index contributed by atoms with van der Waals surface area (Å²) in [5.41, 5.74) is 3.90. The van der Waals surface area contributed by atoms with Crippen molar-refractivity contribution in [2.45, 2.75) is 20.1 Å². The van der Waals surface area contributed by atoms with Crippen LogP contribution >= 0.6 is 0 Å². The number of hydrogen-bond acceptors (Lipinski definition) is 3. The molecule has 0 bridgehead atoms. The minimum Gasteiger partial charge on any atom is -0.461 e. The van der Waals surface area contributed by atoms with Gasteiger partial charge in [-0.1, -0.05) is 84.6 Å². The molecule has 0 aliphatic heterocycles. The second-order valence-corrected chi connectivity index (χ2v) is 10.5. The normalized spacial score (nSPS) is 12.8. The Kier molecular flexibility index (Phi) is 6.24. The lowest BCUT2D eigenvalue weighted by atomic mass is 10.2. The topological polar surface area (TPSA) is 46.5 Å². The first-order valence-corrected chi connectivity index (χ1v) is 11.3. The third-order valence-corrected chi connectivity index (χ3v) is 9.22. The molecule has 0 radical (unpaired) electrons. The number of rotatable bonds is 7. The molecule has 0 unspecified atom stereocenters. The van der Waals surface area contributed by atoms with Crippen LogP contribution in [0.4, 0.5) is 0 Å². The molecule has 0 saturated carbocycles. The second-order valence-electron chi connectivity index (χ2n) is 6.72. The average molecular weight is 389 g/mol. The molecule has 3 nitrogen and oxygen atoms in total. The van der Waals surface area contributed by atoms with E-state index < -0.39 is 8.07 Å². The van der Waals surface area contributed by atoms with Gasteiger partial charge in [-0.05, 0) is 26.7 Å². The van der Waals surface area contributed by atoms with Crippen LogP contribution in [-0.2, 0) is 22.7 Å². The van der Waals surface area contributed by atoms with Gasteiger partial charge in [-0.25, -0.2) is 0 Å². The minimum absolute atomic E-state index is 0.00323. The summed E-state index contributed by atoms with van der Waals surface area (Å²) in [7, 11) is -2.52. The van der Waals surface area contributed by atoms with Gasteiger partial charge >= 0.3 is 5.97 Å². The summed E-state index contributed by atoms with van der Waals surface area (Å²) in [6, 6.07) is 26.6. The SMILES string of the molecule is C=C[Si@](c1ccccc1)(c1cccc(CO)c1)c1cccc(COC(C)=O)c1. The first kappa shape index (κ1) is 19.8. The molecule has 3 rings (SSSR count). The summed E-state index contributed by atoms with van der Waals surface area (Å²) in [6.07, 6.45) is 0. The van der Waals surface area contributed by atoms with Crippen LogP contribution in [0.2, 0.25) is 0 Å². The van der Waals surface area contributed by atoms with Gasteiger partial charge in [0.05, 0.1) is 6.61 Å². The molecule has 28 heavy (non-hydrogen) atoms. The minimum atomic E-state index is -2.52. The van der Waals surface area contributed by atoms with Gasteiger partial charge in [0.25, 0.3) is 0 Å². The maximum Gasteiger partial charge on any atom is 0.302 e. The van der Waals surface area contributed by atoms with Crippen molar-refractivity contribution in [2.24, 2.45) is 0 Å². The highest BCUT2D eigenvalue weighted by Crippen LogP contribution is 2.12. The van der Waals surface area contributed by atoms with Gasteiger partial charge in [0, 0.05) is 6.92 Å². The Morgan fingerprint density at radius 2 is 1.50 bits per heavy atom. The first-order valence-electron chi connectivity index (χ1n) is 9.22. The molecule has 1 atom stereocenters. The average Bonchev–Trinajstić information content (AvgIpc) is 2.74. The maximum absolute atomic E-state index is 11.2. The Labute approximate surface area is 166 Å². The van der Waals surface area contributed by atoms with Crippen LogP contribution in [0.25, 0.3) is 0 Å². The molecule has 142 valence electrons. The molecule has 3 aromatic rings. The third kappa shape index (κ3) is 3.98. The summed E-state index contributed by atoms with van der Waals surface area (Å²) in [5.74, 6) is -0.295. The van der Waals surface area contributed by atoms with E-state index in [9.17, 15) is 9.90 Å². The Balaban J connectivity index is 2.21. The zero-order valence-corrected chi connectivity index (χ0v) is 17.0. The Morgan fingerprint density at radius 1 is 0.929 bits per heavy atom. The van der Waals surface area contributed by atoms with E-state index in [2.05, 4.69) is 48.7 Å². The largest absolute Gasteiger partial charge is 0.461 e. The van der Waals surface area contributed by atoms with Crippen LogP contribution in [-0.4, -0.2) is 19.1 Å². The van der Waals surface area contributed by atoms with Gasteiger partial charge in [0.1, 0.15) is 6.61 Å². The van der Waals surface area contributed by atoms with E-state index in [1.165, 1.54) is 12.1 Å². The number of aliphatic hydroxyl groups excluding tert-OH is 1. The van der Waals surface area contributed by atoms with Crippen LogP contribution in [0.3, 0.4) is 0 Å². The van der Waals surface area contributed by atoms with Crippen molar-refractivity contribution in [3.05, 3.63) is 102 Å². The van der Waals surface area contributed by atoms with E-state index in [0.717, 1.165) is 21.5 Å². The van der Waals surface area contributed by atoms with Crippen molar-refractivity contribution >= 4 is 29.6 Å². The van der Waals surface area contributed by atoms with Crippen LogP contribution in [0, 0.1) is 0 Å². The van der Waals surface area contributed by atoms with Crippen molar-refractivity contribution in [2.75, 3.05) is 0 Å². The van der Waals surface area contributed by atoms with E-state index in [0.29, 0.717) is 0 Å². The monoisotopic (exact) mass is 388 g/mol. The van der Waals surface area contributed by atoms with Gasteiger partial charge in [-0.15, -0.1) is 6.58 Å². The lowest BCUT2D eigenvalue weighted by molar-refractivity contribution is -0.142. The summed E-state index contributed by atoms with van der Waals surface area (Å²) in [4.78, 5) is 11.2. The van der Waals surface area contributed by atoms with E-state index in [-0.39, 0.29) is 19.2 Å².